The molecule has 0 aromatic carbocycles. The van der Waals surface area contributed by atoms with Gasteiger partial charge < -0.3 is 14.4 Å². The molecule has 0 saturated heterocycles. The fourth-order valence-corrected chi connectivity index (χ4v) is 2.97. The van der Waals surface area contributed by atoms with Gasteiger partial charge in [0.25, 0.3) is 0 Å². The summed E-state index contributed by atoms with van der Waals surface area (Å²) in [5.41, 5.74) is 0.293. The van der Waals surface area contributed by atoms with E-state index < -0.39 is 5.97 Å². The minimum atomic E-state index is -0.830. The van der Waals surface area contributed by atoms with Gasteiger partial charge in [0.05, 0.1) is 5.75 Å². The van der Waals surface area contributed by atoms with Crippen molar-refractivity contribution >= 4 is 17.7 Å². The molecule has 1 aromatic rings. The number of nitrogens with zero attached hydrogens (tertiary/aromatic N) is 3. The van der Waals surface area contributed by atoms with E-state index in [1.807, 2.05) is 6.92 Å². The fraction of sp³-hybridized carbons (Fsp3) is 0.769. The van der Waals surface area contributed by atoms with E-state index in [1.54, 1.807) is 7.11 Å². The summed E-state index contributed by atoms with van der Waals surface area (Å²) >= 11 is 1.24. The van der Waals surface area contributed by atoms with Gasteiger partial charge in [0.1, 0.15) is 5.82 Å². The summed E-state index contributed by atoms with van der Waals surface area (Å²) < 4.78 is 7.27. The molecule has 0 bridgehead atoms. The summed E-state index contributed by atoms with van der Waals surface area (Å²) in [7, 11) is 1.72. The standard InChI is InChI=1S/C13H21N3O3S/c1-3-10-14-15-12(20-8-11(17)18)16(10)9-13(4-5-13)6-7-19-2/h3-9H2,1-2H3,(H,17,18). The first kappa shape index (κ1) is 15.3. The third-order valence-electron chi connectivity index (χ3n) is 3.72. The van der Waals surface area contributed by atoms with Crippen LogP contribution >= 0.6 is 11.8 Å². The van der Waals surface area contributed by atoms with Crippen molar-refractivity contribution in [2.24, 2.45) is 5.41 Å². The van der Waals surface area contributed by atoms with Crippen LogP contribution in [0.4, 0.5) is 0 Å². The van der Waals surface area contributed by atoms with Gasteiger partial charge in [-0.3, -0.25) is 4.79 Å². The zero-order valence-corrected chi connectivity index (χ0v) is 12.8. The number of hydrogen-bond acceptors (Lipinski definition) is 5. The second-order valence-corrected chi connectivity index (χ2v) is 6.21. The highest BCUT2D eigenvalue weighted by atomic mass is 32.2. The lowest BCUT2D eigenvalue weighted by molar-refractivity contribution is -0.133. The van der Waals surface area contributed by atoms with Crippen LogP contribution in [0.5, 0.6) is 0 Å². The van der Waals surface area contributed by atoms with Gasteiger partial charge in [0.2, 0.25) is 0 Å². The maximum atomic E-state index is 10.7. The first-order chi connectivity index (χ1) is 9.60. The van der Waals surface area contributed by atoms with E-state index in [4.69, 9.17) is 9.84 Å². The number of rotatable bonds is 9. The van der Waals surface area contributed by atoms with Crippen LogP contribution in [0, 0.1) is 5.41 Å². The van der Waals surface area contributed by atoms with E-state index in [9.17, 15) is 4.79 Å². The Morgan fingerprint density at radius 2 is 2.25 bits per heavy atom. The number of thioether (sulfide) groups is 1. The average molecular weight is 299 g/mol. The Kier molecular flexibility index (Phi) is 5.04. The summed E-state index contributed by atoms with van der Waals surface area (Å²) in [6.45, 7) is 3.68. The topological polar surface area (TPSA) is 77.2 Å². The zero-order chi connectivity index (χ0) is 14.6. The van der Waals surface area contributed by atoms with E-state index in [1.165, 1.54) is 24.6 Å². The van der Waals surface area contributed by atoms with E-state index in [0.29, 0.717) is 10.6 Å². The van der Waals surface area contributed by atoms with Gasteiger partial charge >= 0.3 is 5.97 Å². The van der Waals surface area contributed by atoms with Crippen molar-refractivity contribution in [3.63, 3.8) is 0 Å². The molecule has 6 nitrogen and oxygen atoms in total. The zero-order valence-electron chi connectivity index (χ0n) is 12.0. The Labute approximate surface area is 122 Å². The molecule has 0 amide bonds. The monoisotopic (exact) mass is 299 g/mol. The summed E-state index contributed by atoms with van der Waals surface area (Å²) in [6.07, 6.45) is 4.23. The fourth-order valence-electron chi connectivity index (χ4n) is 2.29. The van der Waals surface area contributed by atoms with Gasteiger partial charge in [0, 0.05) is 26.7 Å². The molecular weight excluding hydrogens is 278 g/mol. The lowest BCUT2D eigenvalue weighted by Crippen LogP contribution is -2.17. The maximum Gasteiger partial charge on any atom is 0.313 e. The number of aryl methyl sites for hydroxylation is 1. The van der Waals surface area contributed by atoms with Crippen LogP contribution in [0.1, 0.15) is 32.0 Å². The highest BCUT2D eigenvalue weighted by Gasteiger charge is 2.43. The SMILES string of the molecule is CCc1nnc(SCC(=O)O)n1CC1(CCOC)CC1. The second-order valence-electron chi connectivity index (χ2n) is 5.26. The van der Waals surface area contributed by atoms with Crippen LogP contribution in [0.15, 0.2) is 5.16 Å². The van der Waals surface area contributed by atoms with E-state index in [0.717, 1.165) is 31.8 Å². The van der Waals surface area contributed by atoms with Crippen molar-refractivity contribution < 1.29 is 14.6 Å². The van der Waals surface area contributed by atoms with Crippen molar-refractivity contribution in [2.45, 2.75) is 44.3 Å². The Bertz CT molecular complexity index is 471. The van der Waals surface area contributed by atoms with E-state index in [-0.39, 0.29) is 5.75 Å². The lowest BCUT2D eigenvalue weighted by Gasteiger charge is -2.17. The number of carboxylic acid groups (broad SMARTS) is 1. The van der Waals surface area contributed by atoms with Gasteiger partial charge in [0.15, 0.2) is 5.16 Å². The normalized spacial score (nSPS) is 16.3. The van der Waals surface area contributed by atoms with Crippen molar-refractivity contribution in [1.82, 2.24) is 14.8 Å². The highest BCUT2D eigenvalue weighted by Crippen LogP contribution is 2.50. The smallest absolute Gasteiger partial charge is 0.313 e. The summed E-state index contributed by atoms with van der Waals surface area (Å²) in [5, 5.41) is 17.8. The van der Waals surface area contributed by atoms with Crippen molar-refractivity contribution in [3.8, 4) is 0 Å². The van der Waals surface area contributed by atoms with Crippen LogP contribution in [-0.2, 0) is 22.5 Å². The molecule has 1 aromatic heterocycles. The molecule has 112 valence electrons. The first-order valence-electron chi connectivity index (χ1n) is 6.86. The average Bonchev–Trinajstić information content (AvgIpc) is 3.08. The number of carboxylic acids is 1. The maximum absolute atomic E-state index is 10.7. The Morgan fingerprint density at radius 3 is 2.80 bits per heavy atom. The summed E-state index contributed by atoms with van der Waals surface area (Å²) in [4.78, 5) is 10.7. The number of hydrogen-bond donors (Lipinski definition) is 1. The Balaban J connectivity index is 2.08. The molecule has 0 aliphatic heterocycles. The molecule has 0 unspecified atom stereocenters. The van der Waals surface area contributed by atoms with Crippen LogP contribution in [-0.4, -0.2) is 45.3 Å². The van der Waals surface area contributed by atoms with Crippen LogP contribution in [0.2, 0.25) is 0 Å². The highest BCUT2D eigenvalue weighted by molar-refractivity contribution is 7.99. The number of aliphatic carboxylic acids is 1. The number of ether oxygens (including phenoxy) is 1. The molecule has 1 heterocycles. The molecular formula is C13H21N3O3S. The summed E-state index contributed by atoms with van der Waals surface area (Å²) in [5.74, 6) is 0.122. The molecule has 20 heavy (non-hydrogen) atoms. The van der Waals surface area contributed by atoms with Crippen molar-refractivity contribution in [3.05, 3.63) is 5.82 Å². The molecule has 0 atom stereocenters. The molecule has 0 spiro atoms. The molecule has 1 aliphatic rings. The predicted molar refractivity (Wildman–Crippen MR) is 75.9 cm³/mol. The summed E-state index contributed by atoms with van der Waals surface area (Å²) in [6, 6.07) is 0. The van der Waals surface area contributed by atoms with Gasteiger partial charge in [-0.1, -0.05) is 18.7 Å². The number of carbonyl (C=O) groups is 1. The third kappa shape index (κ3) is 3.73. The first-order valence-corrected chi connectivity index (χ1v) is 7.84. The Hall–Kier alpha value is -1.08. The molecule has 0 radical (unpaired) electrons. The molecule has 7 heteroatoms. The van der Waals surface area contributed by atoms with Crippen molar-refractivity contribution in [1.29, 1.82) is 0 Å². The van der Waals surface area contributed by atoms with Crippen LogP contribution in [0.25, 0.3) is 0 Å². The van der Waals surface area contributed by atoms with Gasteiger partial charge in [-0.15, -0.1) is 10.2 Å². The van der Waals surface area contributed by atoms with Gasteiger partial charge in [-0.2, -0.15) is 0 Å². The van der Waals surface area contributed by atoms with Crippen molar-refractivity contribution in [2.75, 3.05) is 19.5 Å². The molecule has 1 saturated carbocycles. The Morgan fingerprint density at radius 1 is 1.50 bits per heavy atom. The minimum absolute atomic E-state index is 0.0208. The largest absolute Gasteiger partial charge is 0.481 e. The van der Waals surface area contributed by atoms with Gasteiger partial charge in [-0.05, 0) is 24.7 Å². The molecule has 1 fully saturated rings. The number of aromatic nitrogens is 3. The van der Waals surface area contributed by atoms with Crippen LogP contribution < -0.4 is 0 Å². The predicted octanol–water partition coefficient (Wildman–Crippen LogP) is 1.83. The second kappa shape index (κ2) is 6.58. The van der Waals surface area contributed by atoms with Crippen LogP contribution in [0.3, 0.4) is 0 Å². The lowest BCUT2D eigenvalue weighted by atomic mass is 10.0. The molecule has 1 N–H and O–H groups in total. The minimum Gasteiger partial charge on any atom is -0.481 e. The van der Waals surface area contributed by atoms with E-state index >= 15 is 0 Å². The number of methoxy groups -OCH3 is 1. The van der Waals surface area contributed by atoms with Gasteiger partial charge in [-0.25, -0.2) is 0 Å². The molecule has 1 aliphatic carbocycles. The third-order valence-corrected chi connectivity index (χ3v) is 4.67. The quantitative estimate of drug-likeness (QED) is 0.701. The van der Waals surface area contributed by atoms with E-state index in [2.05, 4.69) is 14.8 Å². The molecule has 2 rings (SSSR count).